The fourth-order valence-corrected chi connectivity index (χ4v) is 2.45. The summed E-state index contributed by atoms with van der Waals surface area (Å²) in [6.07, 6.45) is 3.15. The standard InChI is InChI=1S/C9H6N4S2/c10-4-8-7(2-1-3-11-8)5-14-9-12-6-13-15-9/h1-3,6H,5H2. The molecule has 0 unspecified atom stereocenters. The van der Waals surface area contributed by atoms with Gasteiger partial charge in [0, 0.05) is 11.9 Å². The van der Waals surface area contributed by atoms with E-state index in [1.807, 2.05) is 12.1 Å². The quantitative estimate of drug-likeness (QED) is 0.761. The van der Waals surface area contributed by atoms with Crippen LogP contribution in [0.15, 0.2) is 29.0 Å². The Labute approximate surface area is 95.2 Å². The molecule has 0 fully saturated rings. The van der Waals surface area contributed by atoms with E-state index in [1.165, 1.54) is 17.9 Å². The summed E-state index contributed by atoms with van der Waals surface area (Å²) in [5.74, 6) is 0.700. The molecule has 0 radical (unpaired) electrons. The van der Waals surface area contributed by atoms with E-state index in [9.17, 15) is 0 Å². The van der Waals surface area contributed by atoms with Crippen molar-refractivity contribution in [3.8, 4) is 6.07 Å². The van der Waals surface area contributed by atoms with E-state index < -0.39 is 0 Å². The predicted octanol–water partition coefficient (Wildman–Crippen LogP) is 2.10. The van der Waals surface area contributed by atoms with E-state index in [4.69, 9.17) is 5.26 Å². The Morgan fingerprint density at radius 1 is 1.47 bits per heavy atom. The van der Waals surface area contributed by atoms with Crippen LogP contribution in [-0.2, 0) is 5.75 Å². The van der Waals surface area contributed by atoms with Gasteiger partial charge in [0.05, 0.1) is 0 Å². The van der Waals surface area contributed by atoms with Crippen LogP contribution in [0.25, 0.3) is 0 Å². The maximum absolute atomic E-state index is 8.83. The van der Waals surface area contributed by atoms with Crippen molar-refractivity contribution in [3.05, 3.63) is 35.9 Å². The van der Waals surface area contributed by atoms with Crippen molar-refractivity contribution in [2.75, 3.05) is 0 Å². The first kappa shape index (κ1) is 10.1. The zero-order valence-electron chi connectivity index (χ0n) is 7.62. The van der Waals surface area contributed by atoms with Gasteiger partial charge in [-0.2, -0.15) is 9.64 Å². The molecular formula is C9H6N4S2. The lowest BCUT2D eigenvalue weighted by Crippen LogP contribution is -1.90. The molecule has 0 saturated carbocycles. The first-order chi connectivity index (χ1) is 7.40. The van der Waals surface area contributed by atoms with Crippen LogP contribution in [0.2, 0.25) is 0 Å². The van der Waals surface area contributed by atoms with Crippen LogP contribution in [-0.4, -0.2) is 14.3 Å². The number of nitriles is 1. The van der Waals surface area contributed by atoms with Crippen LogP contribution >= 0.6 is 23.3 Å². The number of aromatic nitrogens is 3. The molecule has 74 valence electrons. The second-order valence-electron chi connectivity index (χ2n) is 2.62. The normalized spacial score (nSPS) is 9.80. The molecule has 0 aliphatic heterocycles. The Kier molecular flexibility index (Phi) is 3.27. The molecule has 0 bridgehead atoms. The predicted molar refractivity (Wildman–Crippen MR) is 58.4 cm³/mol. The maximum atomic E-state index is 8.83. The second kappa shape index (κ2) is 4.87. The second-order valence-corrected chi connectivity index (χ2v) is 4.62. The molecule has 15 heavy (non-hydrogen) atoms. The van der Waals surface area contributed by atoms with E-state index in [0.29, 0.717) is 11.4 Å². The molecular weight excluding hydrogens is 228 g/mol. The Balaban J connectivity index is 2.08. The summed E-state index contributed by atoms with van der Waals surface area (Å²) in [5, 5.41) is 8.83. The van der Waals surface area contributed by atoms with Crippen molar-refractivity contribution in [2.24, 2.45) is 0 Å². The molecule has 0 spiro atoms. The van der Waals surface area contributed by atoms with Crippen molar-refractivity contribution in [1.29, 1.82) is 5.26 Å². The SMILES string of the molecule is N#Cc1ncccc1CSc1ncns1. The third-order valence-electron chi connectivity index (χ3n) is 1.69. The zero-order valence-corrected chi connectivity index (χ0v) is 9.25. The summed E-state index contributed by atoms with van der Waals surface area (Å²) in [5.41, 5.74) is 1.41. The van der Waals surface area contributed by atoms with Gasteiger partial charge in [0.1, 0.15) is 18.1 Å². The molecule has 2 heterocycles. The summed E-state index contributed by atoms with van der Waals surface area (Å²) in [7, 11) is 0. The van der Waals surface area contributed by atoms with Gasteiger partial charge < -0.3 is 0 Å². The molecule has 0 amide bonds. The highest BCUT2D eigenvalue weighted by Crippen LogP contribution is 2.23. The minimum absolute atomic E-state index is 0.481. The highest BCUT2D eigenvalue weighted by Gasteiger charge is 2.04. The summed E-state index contributed by atoms with van der Waals surface area (Å²) in [4.78, 5) is 8.04. The Morgan fingerprint density at radius 3 is 3.13 bits per heavy atom. The Morgan fingerprint density at radius 2 is 2.40 bits per heavy atom. The van der Waals surface area contributed by atoms with Crippen molar-refractivity contribution in [2.45, 2.75) is 10.1 Å². The molecule has 2 rings (SSSR count). The van der Waals surface area contributed by atoms with Crippen molar-refractivity contribution < 1.29 is 0 Å². The van der Waals surface area contributed by atoms with Crippen molar-refractivity contribution in [1.82, 2.24) is 14.3 Å². The minimum atomic E-state index is 0.481. The highest BCUT2D eigenvalue weighted by atomic mass is 32.2. The highest BCUT2D eigenvalue weighted by molar-refractivity contribution is 8.00. The van der Waals surface area contributed by atoms with Gasteiger partial charge in [-0.15, -0.1) is 0 Å². The van der Waals surface area contributed by atoms with Crippen LogP contribution in [0, 0.1) is 11.3 Å². The average Bonchev–Trinajstić information content (AvgIpc) is 2.79. The minimum Gasteiger partial charge on any atom is -0.245 e. The number of nitrogens with zero attached hydrogens (tertiary/aromatic N) is 4. The largest absolute Gasteiger partial charge is 0.245 e. The summed E-state index contributed by atoms with van der Waals surface area (Å²) < 4.78 is 4.81. The van der Waals surface area contributed by atoms with Gasteiger partial charge >= 0.3 is 0 Å². The molecule has 0 saturated heterocycles. The lowest BCUT2D eigenvalue weighted by atomic mass is 10.2. The lowest BCUT2D eigenvalue weighted by molar-refractivity contribution is 1.18. The van der Waals surface area contributed by atoms with Crippen molar-refractivity contribution in [3.63, 3.8) is 0 Å². The average molecular weight is 234 g/mol. The van der Waals surface area contributed by atoms with Crippen LogP contribution < -0.4 is 0 Å². The molecule has 0 N–H and O–H groups in total. The molecule has 6 heteroatoms. The first-order valence-corrected chi connectivity index (χ1v) is 5.89. The monoisotopic (exact) mass is 234 g/mol. The number of thioether (sulfide) groups is 1. The van der Waals surface area contributed by atoms with Gasteiger partial charge in [-0.05, 0) is 23.2 Å². The van der Waals surface area contributed by atoms with E-state index >= 15 is 0 Å². The van der Waals surface area contributed by atoms with Crippen LogP contribution in [0.1, 0.15) is 11.3 Å². The van der Waals surface area contributed by atoms with Crippen LogP contribution in [0.4, 0.5) is 0 Å². The lowest BCUT2D eigenvalue weighted by Gasteiger charge is -1.99. The fraction of sp³-hybridized carbons (Fsp3) is 0.111. The van der Waals surface area contributed by atoms with Gasteiger partial charge in [-0.3, -0.25) is 0 Å². The van der Waals surface area contributed by atoms with Gasteiger partial charge in [0.15, 0.2) is 4.34 Å². The van der Waals surface area contributed by atoms with Crippen LogP contribution in [0.3, 0.4) is 0 Å². The number of hydrogen-bond donors (Lipinski definition) is 0. The third kappa shape index (κ3) is 2.52. The third-order valence-corrected chi connectivity index (χ3v) is 3.54. The van der Waals surface area contributed by atoms with Gasteiger partial charge in [-0.25, -0.2) is 9.97 Å². The topological polar surface area (TPSA) is 62.5 Å². The first-order valence-electron chi connectivity index (χ1n) is 4.13. The van der Waals surface area contributed by atoms with Crippen molar-refractivity contribution >= 4 is 23.3 Å². The molecule has 0 aliphatic carbocycles. The van der Waals surface area contributed by atoms with E-state index in [0.717, 1.165) is 9.90 Å². The molecule has 2 aromatic heterocycles. The van der Waals surface area contributed by atoms with E-state index in [1.54, 1.807) is 18.0 Å². The molecule has 0 aliphatic rings. The number of hydrogen-bond acceptors (Lipinski definition) is 6. The zero-order chi connectivity index (χ0) is 10.5. The molecule has 0 aromatic carbocycles. The maximum Gasteiger partial charge on any atom is 0.170 e. The number of pyridine rings is 1. The Bertz CT molecular complexity index is 475. The van der Waals surface area contributed by atoms with E-state index in [2.05, 4.69) is 20.4 Å². The molecule has 4 nitrogen and oxygen atoms in total. The van der Waals surface area contributed by atoms with Gasteiger partial charge in [-0.1, -0.05) is 17.8 Å². The van der Waals surface area contributed by atoms with Crippen LogP contribution in [0.5, 0.6) is 0 Å². The summed E-state index contributed by atoms with van der Waals surface area (Å²) >= 11 is 2.92. The molecule has 0 atom stereocenters. The van der Waals surface area contributed by atoms with E-state index in [-0.39, 0.29) is 0 Å². The summed E-state index contributed by atoms with van der Waals surface area (Å²) in [6.45, 7) is 0. The Hall–Kier alpha value is -1.45. The fourth-order valence-electron chi connectivity index (χ4n) is 1.02. The summed E-state index contributed by atoms with van der Waals surface area (Å²) in [6, 6.07) is 5.80. The molecule has 2 aromatic rings. The van der Waals surface area contributed by atoms with Gasteiger partial charge in [0.2, 0.25) is 0 Å². The van der Waals surface area contributed by atoms with Gasteiger partial charge in [0.25, 0.3) is 0 Å². The smallest absolute Gasteiger partial charge is 0.170 e. The number of rotatable bonds is 3.